The highest BCUT2D eigenvalue weighted by Gasteiger charge is 2.44. The minimum Gasteiger partial charge on any atom is -0.302 e. The summed E-state index contributed by atoms with van der Waals surface area (Å²) in [5.41, 5.74) is 4.77. The summed E-state index contributed by atoms with van der Waals surface area (Å²) < 4.78 is 0. The predicted molar refractivity (Wildman–Crippen MR) is 125 cm³/mol. The second-order valence-corrected chi connectivity index (χ2v) is 13.0. The second-order valence-electron chi connectivity index (χ2n) is 10.0. The van der Waals surface area contributed by atoms with Crippen molar-refractivity contribution in [3.05, 3.63) is 35.9 Å². The lowest BCUT2D eigenvalue weighted by atomic mass is 9.90. The van der Waals surface area contributed by atoms with Crippen LogP contribution in [0, 0.1) is 5.92 Å². The third-order valence-corrected chi connectivity index (χ3v) is 12.1. The van der Waals surface area contributed by atoms with Crippen molar-refractivity contribution in [3.8, 4) is 0 Å². The Morgan fingerprint density at radius 1 is 0.714 bits per heavy atom. The minimum atomic E-state index is 0.188. The lowest BCUT2D eigenvalue weighted by molar-refractivity contribution is 0.215. The van der Waals surface area contributed by atoms with Crippen LogP contribution < -0.4 is 0 Å². The van der Waals surface area contributed by atoms with E-state index in [1.807, 2.05) is 0 Å². The smallest absolute Gasteiger partial charge is 0.0376 e. The Morgan fingerprint density at radius 2 is 1.29 bits per heavy atom. The molecule has 0 aromatic heterocycles. The molecule has 0 heterocycles. The number of benzene rings is 1. The van der Waals surface area contributed by atoms with Crippen molar-refractivity contribution in [2.24, 2.45) is 5.92 Å². The Labute approximate surface area is 175 Å². The molecule has 3 fully saturated rings. The van der Waals surface area contributed by atoms with Crippen LogP contribution in [0.1, 0.15) is 95.1 Å². The van der Waals surface area contributed by atoms with Crippen molar-refractivity contribution in [2.75, 3.05) is 14.1 Å². The van der Waals surface area contributed by atoms with Crippen molar-refractivity contribution >= 4 is 7.92 Å². The first-order chi connectivity index (χ1) is 13.8. The molecule has 3 aliphatic carbocycles. The summed E-state index contributed by atoms with van der Waals surface area (Å²) >= 11 is 0. The standard InChI is InChI=1S/C26H42NP/c1-27(2)26(21-13-6-3-7-14-21)24-19-12-20-25(24)28(22-15-8-4-9-16-22)23-17-10-5-11-18-23/h3,6-7,13-14,22-26H,4-5,8-12,15-20H2,1-2H3/t24-,25?,26-/m1/s1. The largest absolute Gasteiger partial charge is 0.302 e. The molecule has 4 rings (SSSR count). The van der Waals surface area contributed by atoms with E-state index in [1.54, 1.807) is 31.2 Å². The molecular formula is C26H42NP. The van der Waals surface area contributed by atoms with Gasteiger partial charge in [0.05, 0.1) is 0 Å². The maximum Gasteiger partial charge on any atom is 0.0376 e. The van der Waals surface area contributed by atoms with Crippen LogP contribution in [0.5, 0.6) is 0 Å². The summed E-state index contributed by atoms with van der Waals surface area (Å²) in [6, 6.07) is 12.1. The van der Waals surface area contributed by atoms with Crippen molar-refractivity contribution in [1.29, 1.82) is 0 Å². The monoisotopic (exact) mass is 399 g/mol. The maximum atomic E-state index is 2.55. The average molecular weight is 400 g/mol. The molecule has 0 saturated heterocycles. The van der Waals surface area contributed by atoms with Crippen LogP contribution >= 0.6 is 7.92 Å². The first-order valence-electron chi connectivity index (χ1n) is 12.2. The molecule has 28 heavy (non-hydrogen) atoms. The van der Waals surface area contributed by atoms with Crippen molar-refractivity contribution < 1.29 is 0 Å². The summed E-state index contributed by atoms with van der Waals surface area (Å²) in [5, 5.41) is 0. The molecule has 2 heteroatoms. The molecular weight excluding hydrogens is 357 g/mol. The molecule has 0 N–H and O–H groups in total. The molecule has 3 atom stereocenters. The van der Waals surface area contributed by atoms with Crippen molar-refractivity contribution in [3.63, 3.8) is 0 Å². The predicted octanol–water partition coefficient (Wildman–Crippen LogP) is 7.61. The Balaban J connectivity index is 1.62. The summed E-state index contributed by atoms with van der Waals surface area (Å²) in [7, 11) is 4.85. The van der Waals surface area contributed by atoms with Crippen LogP contribution in [0.25, 0.3) is 0 Å². The van der Waals surface area contributed by atoms with Gasteiger partial charge < -0.3 is 4.90 Å². The third-order valence-electron chi connectivity index (χ3n) is 8.01. The number of rotatable bonds is 6. The Kier molecular flexibility index (Phi) is 7.51. The van der Waals surface area contributed by atoms with Crippen LogP contribution in [0.4, 0.5) is 0 Å². The number of nitrogens with zero attached hydrogens (tertiary/aromatic N) is 1. The Morgan fingerprint density at radius 3 is 1.82 bits per heavy atom. The molecule has 0 radical (unpaired) electrons. The second kappa shape index (κ2) is 10.1. The van der Waals surface area contributed by atoms with E-state index in [9.17, 15) is 0 Å². The highest BCUT2D eigenvalue weighted by molar-refractivity contribution is 7.60. The van der Waals surface area contributed by atoms with Gasteiger partial charge in [-0.15, -0.1) is 0 Å². The van der Waals surface area contributed by atoms with Gasteiger partial charge in [0.1, 0.15) is 0 Å². The molecule has 1 aromatic carbocycles. The summed E-state index contributed by atoms with van der Waals surface area (Å²) in [6.07, 6.45) is 19.8. The third kappa shape index (κ3) is 4.67. The lowest BCUT2D eigenvalue weighted by Gasteiger charge is -2.46. The molecule has 1 nitrogen and oxygen atoms in total. The van der Waals surface area contributed by atoms with Crippen molar-refractivity contribution in [2.45, 2.75) is 106 Å². The van der Waals surface area contributed by atoms with Gasteiger partial charge in [-0.05, 0) is 81.1 Å². The van der Waals surface area contributed by atoms with Gasteiger partial charge in [0.2, 0.25) is 0 Å². The van der Waals surface area contributed by atoms with E-state index in [2.05, 4.69) is 49.3 Å². The van der Waals surface area contributed by atoms with E-state index in [0.717, 1.165) is 22.9 Å². The van der Waals surface area contributed by atoms with E-state index >= 15 is 0 Å². The van der Waals surface area contributed by atoms with Crippen molar-refractivity contribution in [1.82, 2.24) is 4.90 Å². The Bertz CT molecular complexity index is 555. The van der Waals surface area contributed by atoms with Gasteiger partial charge in [-0.25, -0.2) is 0 Å². The first-order valence-corrected chi connectivity index (χ1v) is 13.8. The number of hydrogen-bond acceptors (Lipinski definition) is 1. The molecule has 3 saturated carbocycles. The van der Waals surface area contributed by atoms with E-state index in [1.165, 1.54) is 57.8 Å². The molecule has 156 valence electrons. The van der Waals surface area contributed by atoms with Crippen LogP contribution in [0.15, 0.2) is 30.3 Å². The van der Waals surface area contributed by atoms with Gasteiger partial charge in [-0.2, -0.15) is 0 Å². The van der Waals surface area contributed by atoms with Crippen LogP contribution in [0.2, 0.25) is 0 Å². The van der Waals surface area contributed by atoms with Crippen LogP contribution in [0.3, 0.4) is 0 Å². The molecule has 1 aromatic rings. The van der Waals surface area contributed by atoms with Gasteiger partial charge in [0.15, 0.2) is 0 Å². The SMILES string of the molecule is CN(C)[C@H](c1ccccc1)[C@@H]1CCCC1P(C1CCCCC1)C1CCCCC1. The minimum absolute atomic E-state index is 0.188. The van der Waals surface area contributed by atoms with Crippen LogP contribution in [-0.2, 0) is 0 Å². The number of hydrogen-bond donors (Lipinski definition) is 0. The fourth-order valence-electron chi connectivity index (χ4n) is 6.88. The van der Waals surface area contributed by atoms with Gasteiger partial charge in [-0.3, -0.25) is 0 Å². The maximum absolute atomic E-state index is 2.55. The Hall–Kier alpha value is -0.390. The molecule has 0 spiro atoms. The molecule has 0 bridgehead atoms. The fourth-order valence-corrected chi connectivity index (χ4v) is 11.7. The summed E-state index contributed by atoms with van der Waals surface area (Å²) in [5.74, 6) is 0.882. The summed E-state index contributed by atoms with van der Waals surface area (Å²) in [6.45, 7) is 0. The average Bonchev–Trinajstić information content (AvgIpc) is 3.19. The van der Waals surface area contributed by atoms with E-state index in [0.29, 0.717) is 6.04 Å². The fraction of sp³-hybridized carbons (Fsp3) is 0.769. The highest BCUT2D eigenvalue weighted by atomic mass is 31.1. The van der Waals surface area contributed by atoms with E-state index in [4.69, 9.17) is 0 Å². The summed E-state index contributed by atoms with van der Waals surface area (Å²) in [4.78, 5) is 2.55. The molecule has 0 amide bonds. The zero-order chi connectivity index (χ0) is 19.3. The zero-order valence-electron chi connectivity index (χ0n) is 18.4. The van der Waals surface area contributed by atoms with Gasteiger partial charge in [0, 0.05) is 6.04 Å². The highest BCUT2D eigenvalue weighted by Crippen LogP contribution is 2.65. The van der Waals surface area contributed by atoms with E-state index < -0.39 is 0 Å². The normalized spacial score (nSPS) is 28.9. The molecule has 1 unspecified atom stereocenters. The van der Waals surface area contributed by atoms with Gasteiger partial charge >= 0.3 is 0 Å². The quantitative estimate of drug-likeness (QED) is 0.445. The van der Waals surface area contributed by atoms with Gasteiger partial charge in [-0.1, -0.05) is 83.2 Å². The molecule has 0 aliphatic heterocycles. The lowest BCUT2D eigenvalue weighted by Crippen LogP contribution is -2.35. The topological polar surface area (TPSA) is 3.24 Å². The van der Waals surface area contributed by atoms with E-state index in [-0.39, 0.29) is 7.92 Å². The first kappa shape index (κ1) is 20.9. The van der Waals surface area contributed by atoms with Gasteiger partial charge in [0.25, 0.3) is 0 Å². The molecule has 3 aliphatic rings. The van der Waals surface area contributed by atoms with Crippen LogP contribution in [-0.4, -0.2) is 36.0 Å². The zero-order valence-corrected chi connectivity index (χ0v) is 19.3.